The summed E-state index contributed by atoms with van der Waals surface area (Å²) < 4.78 is 4.84. The molecule has 0 bridgehead atoms. The first-order chi connectivity index (χ1) is 12.0. The molecule has 1 aromatic carbocycles. The fourth-order valence-corrected chi connectivity index (χ4v) is 2.28. The van der Waals surface area contributed by atoms with Crippen molar-refractivity contribution in [1.82, 2.24) is 15.5 Å². The van der Waals surface area contributed by atoms with Crippen molar-refractivity contribution in [3.05, 3.63) is 58.9 Å². The lowest BCUT2D eigenvalue weighted by molar-refractivity contribution is -0.154. The zero-order valence-electron chi connectivity index (χ0n) is 13.6. The van der Waals surface area contributed by atoms with E-state index in [1.807, 2.05) is 30.3 Å². The van der Waals surface area contributed by atoms with Crippen LogP contribution in [0, 0.1) is 0 Å². The molecule has 2 rings (SSSR count). The van der Waals surface area contributed by atoms with Crippen LogP contribution in [0.1, 0.15) is 23.0 Å². The van der Waals surface area contributed by atoms with E-state index in [0.717, 1.165) is 5.56 Å². The Bertz CT molecular complexity index is 710. The molecule has 0 radical (unpaired) electrons. The highest BCUT2D eigenvalue weighted by Gasteiger charge is 2.29. The van der Waals surface area contributed by atoms with Gasteiger partial charge in [-0.2, -0.15) is 0 Å². The van der Waals surface area contributed by atoms with Gasteiger partial charge in [-0.3, -0.25) is 4.79 Å². The van der Waals surface area contributed by atoms with Crippen LogP contribution < -0.4 is 5.32 Å². The van der Waals surface area contributed by atoms with Crippen LogP contribution in [0.4, 0.5) is 0 Å². The van der Waals surface area contributed by atoms with Crippen molar-refractivity contribution >= 4 is 23.5 Å². The molecule has 8 heteroatoms. The number of aliphatic hydroxyl groups is 1. The van der Waals surface area contributed by atoms with E-state index in [1.165, 1.54) is 12.1 Å². The minimum absolute atomic E-state index is 0.0264. The number of nitrogens with one attached hydrogen (secondary N) is 1. The standard InChI is InChI=1S/C17H18ClN3O4/c1-2-25-17(24)15(22)13(10-11-6-4-3-5-7-11)19-16(23)12-8-9-14(18)21-20-12/h3-9,13,15,22H,2,10H2,1H3,(H,19,23)/t13?,15-/m1/s1. The van der Waals surface area contributed by atoms with Crippen molar-refractivity contribution in [2.75, 3.05) is 6.61 Å². The predicted molar refractivity (Wildman–Crippen MR) is 91.1 cm³/mol. The number of amides is 1. The number of carbonyl (C=O) groups is 2. The number of carbonyl (C=O) groups excluding carboxylic acids is 2. The second kappa shape index (κ2) is 9.10. The fraction of sp³-hybridized carbons (Fsp3) is 0.294. The number of aromatic nitrogens is 2. The molecule has 2 N–H and O–H groups in total. The van der Waals surface area contributed by atoms with Gasteiger partial charge in [-0.05, 0) is 31.0 Å². The van der Waals surface area contributed by atoms with Crippen LogP contribution in [0.15, 0.2) is 42.5 Å². The van der Waals surface area contributed by atoms with E-state index < -0.39 is 24.0 Å². The first-order valence-electron chi connectivity index (χ1n) is 7.70. The number of benzene rings is 1. The highest BCUT2D eigenvalue weighted by atomic mass is 35.5. The number of halogens is 1. The van der Waals surface area contributed by atoms with E-state index in [9.17, 15) is 14.7 Å². The summed E-state index contributed by atoms with van der Waals surface area (Å²) in [6, 6.07) is 11.1. The maximum Gasteiger partial charge on any atom is 0.337 e. The maximum absolute atomic E-state index is 12.3. The molecule has 7 nitrogen and oxygen atoms in total. The molecule has 0 spiro atoms. The Balaban J connectivity index is 2.16. The lowest BCUT2D eigenvalue weighted by Crippen LogP contribution is -2.49. The van der Waals surface area contributed by atoms with Gasteiger partial charge in [0.05, 0.1) is 12.6 Å². The van der Waals surface area contributed by atoms with Gasteiger partial charge in [-0.1, -0.05) is 41.9 Å². The topological polar surface area (TPSA) is 101 Å². The summed E-state index contributed by atoms with van der Waals surface area (Å²) in [7, 11) is 0. The third-order valence-corrected chi connectivity index (χ3v) is 3.59. The second-order valence-corrected chi connectivity index (χ2v) is 5.60. The molecule has 1 heterocycles. The van der Waals surface area contributed by atoms with Crippen molar-refractivity contribution in [3.8, 4) is 0 Å². The Morgan fingerprint density at radius 3 is 2.52 bits per heavy atom. The minimum Gasteiger partial charge on any atom is -0.464 e. The highest BCUT2D eigenvalue weighted by Crippen LogP contribution is 2.09. The monoisotopic (exact) mass is 363 g/mol. The van der Waals surface area contributed by atoms with Gasteiger partial charge in [0.25, 0.3) is 5.91 Å². The number of hydrogen-bond donors (Lipinski definition) is 2. The Kier molecular flexibility index (Phi) is 6.85. The Morgan fingerprint density at radius 1 is 1.20 bits per heavy atom. The molecule has 25 heavy (non-hydrogen) atoms. The number of esters is 1. The summed E-state index contributed by atoms with van der Waals surface area (Å²) in [6.45, 7) is 1.77. The van der Waals surface area contributed by atoms with E-state index >= 15 is 0 Å². The Hall–Kier alpha value is -2.51. The van der Waals surface area contributed by atoms with Gasteiger partial charge < -0.3 is 15.2 Å². The van der Waals surface area contributed by atoms with E-state index in [1.54, 1.807) is 6.92 Å². The molecule has 1 unspecified atom stereocenters. The second-order valence-electron chi connectivity index (χ2n) is 5.21. The van der Waals surface area contributed by atoms with E-state index in [4.69, 9.17) is 16.3 Å². The van der Waals surface area contributed by atoms with Crippen LogP contribution in [0.25, 0.3) is 0 Å². The van der Waals surface area contributed by atoms with Crippen LogP contribution in [-0.2, 0) is 16.0 Å². The summed E-state index contributed by atoms with van der Waals surface area (Å²) in [5.41, 5.74) is 0.872. The molecule has 2 aromatic rings. The third-order valence-electron chi connectivity index (χ3n) is 3.39. The zero-order valence-corrected chi connectivity index (χ0v) is 14.3. The van der Waals surface area contributed by atoms with E-state index in [2.05, 4.69) is 15.5 Å². The van der Waals surface area contributed by atoms with E-state index in [-0.39, 0.29) is 23.9 Å². The third kappa shape index (κ3) is 5.51. The molecule has 1 aromatic heterocycles. The van der Waals surface area contributed by atoms with Crippen molar-refractivity contribution in [2.24, 2.45) is 0 Å². The highest BCUT2D eigenvalue weighted by molar-refractivity contribution is 6.29. The first kappa shape index (κ1) is 18.8. The van der Waals surface area contributed by atoms with E-state index in [0.29, 0.717) is 0 Å². The van der Waals surface area contributed by atoms with Crippen molar-refractivity contribution in [2.45, 2.75) is 25.5 Å². The van der Waals surface area contributed by atoms with Gasteiger partial charge in [0.15, 0.2) is 17.0 Å². The van der Waals surface area contributed by atoms with Gasteiger partial charge in [-0.25, -0.2) is 4.79 Å². The zero-order chi connectivity index (χ0) is 18.2. The predicted octanol–water partition coefficient (Wildman–Crippen LogP) is 1.40. The minimum atomic E-state index is -1.51. The van der Waals surface area contributed by atoms with Crippen LogP contribution in [0.3, 0.4) is 0 Å². The molecular formula is C17H18ClN3O4. The van der Waals surface area contributed by atoms with Gasteiger partial charge in [0.1, 0.15) is 0 Å². The number of aliphatic hydroxyl groups excluding tert-OH is 1. The quantitative estimate of drug-likeness (QED) is 0.721. The molecule has 0 saturated heterocycles. The Labute approximate surface area is 150 Å². The SMILES string of the molecule is CCOC(=O)[C@H](O)C(Cc1ccccc1)NC(=O)c1ccc(Cl)nn1. The summed E-state index contributed by atoms with van der Waals surface area (Å²) in [5, 5.41) is 20.3. The van der Waals surface area contributed by atoms with Gasteiger partial charge in [0, 0.05) is 0 Å². The molecule has 2 atom stereocenters. The Morgan fingerprint density at radius 2 is 1.92 bits per heavy atom. The summed E-state index contributed by atoms with van der Waals surface area (Å²) in [4.78, 5) is 24.2. The average molecular weight is 364 g/mol. The molecule has 0 saturated carbocycles. The van der Waals surface area contributed by atoms with Crippen molar-refractivity contribution < 1.29 is 19.4 Å². The molecule has 132 valence electrons. The number of nitrogens with zero attached hydrogens (tertiary/aromatic N) is 2. The molecular weight excluding hydrogens is 346 g/mol. The normalized spacial score (nSPS) is 12.9. The number of rotatable bonds is 7. The smallest absolute Gasteiger partial charge is 0.337 e. The lowest BCUT2D eigenvalue weighted by Gasteiger charge is -2.22. The molecule has 0 aliphatic rings. The molecule has 0 aliphatic heterocycles. The van der Waals surface area contributed by atoms with Gasteiger partial charge in [-0.15, -0.1) is 10.2 Å². The largest absolute Gasteiger partial charge is 0.464 e. The van der Waals surface area contributed by atoms with Crippen LogP contribution in [-0.4, -0.2) is 45.9 Å². The average Bonchev–Trinajstić information content (AvgIpc) is 2.62. The number of ether oxygens (including phenoxy) is 1. The van der Waals surface area contributed by atoms with Crippen molar-refractivity contribution in [1.29, 1.82) is 0 Å². The summed E-state index contributed by atoms with van der Waals surface area (Å²) >= 11 is 5.65. The van der Waals surface area contributed by atoms with Crippen LogP contribution in [0.2, 0.25) is 5.15 Å². The van der Waals surface area contributed by atoms with Gasteiger partial charge in [0.2, 0.25) is 0 Å². The molecule has 1 amide bonds. The number of hydrogen-bond acceptors (Lipinski definition) is 6. The maximum atomic E-state index is 12.3. The molecule has 0 aliphatic carbocycles. The first-order valence-corrected chi connectivity index (χ1v) is 8.07. The lowest BCUT2D eigenvalue weighted by atomic mass is 10.0. The van der Waals surface area contributed by atoms with Crippen LogP contribution in [0.5, 0.6) is 0 Å². The summed E-state index contributed by atoms with van der Waals surface area (Å²) in [5.74, 6) is -1.38. The van der Waals surface area contributed by atoms with Gasteiger partial charge >= 0.3 is 5.97 Å². The fourth-order valence-electron chi connectivity index (χ4n) is 2.18. The molecule has 0 fully saturated rings. The van der Waals surface area contributed by atoms with Crippen molar-refractivity contribution in [3.63, 3.8) is 0 Å². The van der Waals surface area contributed by atoms with Crippen LogP contribution >= 0.6 is 11.6 Å². The summed E-state index contributed by atoms with van der Waals surface area (Å²) in [6.07, 6.45) is -1.27.